The maximum absolute atomic E-state index is 11.4. The number of benzene rings is 1. The van der Waals surface area contributed by atoms with Gasteiger partial charge in [-0.2, -0.15) is 0 Å². The maximum Gasteiger partial charge on any atom is 0.339 e. The van der Waals surface area contributed by atoms with E-state index < -0.39 is 12.1 Å². The van der Waals surface area contributed by atoms with Crippen molar-refractivity contribution in [3.05, 3.63) is 29.3 Å². The smallest absolute Gasteiger partial charge is 0.339 e. The summed E-state index contributed by atoms with van der Waals surface area (Å²) in [4.78, 5) is 22.0. The molecule has 1 N–H and O–H groups in total. The minimum absolute atomic E-state index is 0.185. The summed E-state index contributed by atoms with van der Waals surface area (Å²) in [5.74, 6) is -0.472. The van der Waals surface area contributed by atoms with Crippen LogP contribution in [0.1, 0.15) is 28.9 Å². The molecular weight excluding hydrogens is 224 g/mol. The molecule has 1 unspecified atom stereocenters. The van der Waals surface area contributed by atoms with Gasteiger partial charge in [0.05, 0.1) is 13.7 Å². The third-order valence-corrected chi connectivity index (χ3v) is 2.20. The van der Waals surface area contributed by atoms with E-state index in [-0.39, 0.29) is 17.9 Å². The molecule has 0 amide bonds. The van der Waals surface area contributed by atoms with Crippen molar-refractivity contribution in [2.75, 3.05) is 13.7 Å². The average molecular weight is 238 g/mol. The van der Waals surface area contributed by atoms with E-state index in [0.717, 1.165) is 0 Å². The molecule has 1 aromatic rings. The molecule has 17 heavy (non-hydrogen) atoms. The largest absolute Gasteiger partial charge is 0.496 e. The molecule has 0 saturated carbocycles. The summed E-state index contributed by atoms with van der Waals surface area (Å²) >= 11 is 0. The molecule has 5 nitrogen and oxygen atoms in total. The molecule has 92 valence electrons. The lowest BCUT2D eigenvalue weighted by Gasteiger charge is -2.13. The summed E-state index contributed by atoms with van der Waals surface area (Å²) in [7, 11) is 1.39. The SMILES string of the molecule is CCOC(=O)C(O)c1ccc(C=O)cc1OC. The molecule has 1 atom stereocenters. The van der Waals surface area contributed by atoms with E-state index in [1.807, 2.05) is 0 Å². The zero-order valence-electron chi connectivity index (χ0n) is 9.67. The first-order valence-corrected chi connectivity index (χ1v) is 5.11. The van der Waals surface area contributed by atoms with Crippen LogP contribution >= 0.6 is 0 Å². The van der Waals surface area contributed by atoms with Gasteiger partial charge in [0.1, 0.15) is 12.0 Å². The van der Waals surface area contributed by atoms with Crippen molar-refractivity contribution in [2.45, 2.75) is 13.0 Å². The Bertz CT molecular complexity index is 413. The van der Waals surface area contributed by atoms with Gasteiger partial charge >= 0.3 is 5.97 Å². The molecule has 0 aliphatic rings. The van der Waals surface area contributed by atoms with Gasteiger partial charge in [0.2, 0.25) is 0 Å². The fourth-order valence-corrected chi connectivity index (χ4v) is 1.38. The summed E-state index contributed by atoms with van der Waals surface area (Å²) < 4.78 is 9.71. The van der Waals surface area contributed by atoms with Crippen molar-refractivity contribution >= 4 is 12.3 Å². The molecule has 0 fully saturated rings. The summed E-state index contributed by atoms with van der Waals surface area (Å²) in [5.41, 5.74) is 0.679. The molecule has 1 aromatic carbocycles. The van der Waals surface area contributed by atoms with Gasteiger partial charge in [0.25, 0.3) is 0 Å². The van der Waals surface area contributed by atoms with Gasteiger partial charge in [0.15, 0.2) is 6.10 Å². The van der Waals surface area contributed by atoms with Gasteiger partial charge in [0, 0.05) is 11.1 Å². The van der Waals surface area contributed by atoms with Crippen molar-refractivity contribution in [3.63, 3.8) is 0 Å². The minimum atomic E-state index is -1.41. The second kappa shape index (κ2) is 6.00. The number of aldehydes is 1. The van der Waals surface area contributed by atoms with Crippen molar-refractivity contribution in [3.8, 4) is 5.75 Å². The van der Waals surface area contributed by atoms with Gasteiger partial charge in [-0.25, -0.2) is 4.79 Å². The van der Waals surface area contributed by atoms with E-state index in [0.29, 0.717) is 11.8 Å². The van der Waals surface area contributed by atoms with Gasteiger partial charge in [-0.1, -0.05) is 12.1 Å². The highest BCUT2D eigenvalue weighted by molar-refractivity contribution is 5.80. The fraction of sp³-hybridized carbons (Fsp3) is 0.333. The molecule has 0 aliphatic heterocycles. The zero-order chi connectivity index (χ0) is 12.8. The normalized spacial score (nSPS) is 11.7. The number of hydrogen-bond acceptors (Lipinski definition) is 5. The van der Waals surface area contributed by atoms with Gasteiger partial charge < -0.3 is 14.6 Å². The molecule has 0 aromatic heterocycles. The Morgan fingerprint density at radius 3 is 2.76 bits per heavy atom. The first-order valence-electron chi connectivity index (χ1n) is 5.11. The third kappa shape index (κ3) is 3.04. The fourth-order valence-electron chi connectivity index (χ4n) is 1.38. The van der Waals surface area contributed by atoms with E-state index in [2.05, 4.69) is 0 Å². The Balaban J connectivity index is 3.04. The van der Waals surface area contributed by atoms with Crippen molar-refractivity contribution in [1.82, 2.24) is 0 Å². The molecule has 0 spiro atoms. The summed E-state index contributed by atoms with van der Waals surface area (Å²) in [6, 6.07) is 4.40. The maximum atomic E-state index is 11.4. The predicted octanol–water partition coefficient (Wildman–Crippen LogP) is 1.10. The van der Waals surface area contributed by atoms with E-state index in [1.54, 1.807) is 6.92 Å². The quantitative estimate of drug-likeness (QED) is 0.614. The molecular formula is C12H14O5. The van der Waals surface area contributed by atoms with Crippen LogP contribution in [0.3, 0.4) is 0 Å². The Kier molecular flexibility index (Phi) is 4.66. The third-order valence-electron chi connectivity index (χ3n) is 2.20. The summed E-state index contributed by atoms with van der Waals surface area (Å²) in [6.07, 6.45) is -0.756. The highest BCUT2D eigenvalue weighted by Crippen LogP contribution is 2.26. The number of ether oxygens (including phenoxy) is 2. The minimum Gasteiger partial charge on any atom is -0.496 e. The van der Waals surface area contributed by atoms with Crippen molar-refractivity contribution < 1.29 is 24.2 Å². The van der Waals surface area contributed by atoms with Crippen LogP contribution in [0.15, 0.2) is 18.2 Å². The Morgan fingerprint density at radius 1 is 1.53 bits per heavy atom. The number of rotatable bonds is 5. The summed E-state index contributed by atoms with van der Waals surface area (Å²) in [6.45, 7) is 1.84. The van der Waals surface area contributed by atoms with E-state index in [9.17, 15) is 14.7 Å². The average Bonchev–Trinajstić information content (AvgIpc) is 2.37. The van der Waals surface area contributed by atoms with Crippen LogP contribution in [0.4, 0.5) is 0 Å². The van der Waals surface area contributed by atoms with Crippen LogP contribution < -0.4 is 4.74 Å². The van der Waals surface area contributed by atoms with Crippen LogP contribution in [0.2, 0.25) is 0 Å². The molecule has 0 bridgehead atoms. The predicted molar refractivity (Wildman–Crippen MR) is 60.0 cm³/mol. The Morgan fingerprint density at radius 2 is 2.24 bits per heavy atom. The van der Waals surface area contributed by atoms with E-state index >= 15 is 0 Å². The lowest BCUT2D eigenvalue weighted by molar-refractivity contribution is -0.153. The first kappa shape index (κ1) is 13.2. The van der Waals surface area contributed by atoms with Crippen LogP contribution in [0.25, 0.3) is 0 Å². The van der Waals surface area contributed by atoms with Gasteiger partial charge in [-0.15, -0.1) is 0 Å². The van der Waals surface area contributed by atoms with Crippen molar-refractivity contribution in [1.29, 1.82) is 0 Å². The molecule has 0 radical (unpaired) electrons. The number of carbonyl (C=O) groups excluding carboxylic acids is 2. The number of carbonyl (C=O) groups is 2. The molecule has 0 heterocycles. The Labute approximate surface area is 99.0 Å². The van der Waals surface area contributed by atoms with Crippen LogP contribution in [0.5, 0.6) is 5.75 Å². The number of hydrogen-bond donors (Lipinski definition) is 1. The molecule has 1 rings (SSSR count). The number of esters is 1. The zero-order valence-corrected chi connectivity index (χ0v) is 9.67. The van der Waals surface area contributed by atoms with Crippen LogP contribution in [-0.2, 0) is 9.53 Å². The standard InChI is InChI=1S/C12H14O5/c1-3-17-12(15)11(14)9-5-4-8(7-13)6-10(9)16-2/h4-7,11,14H,3H2,1-2H3. The van der Waals surface area contributed by atoms with E-state index in [4.69, 9.17) is 9.47 Å². The highest BCUT2D eigenvalue weighted by atomic mass is 16.5. The lowest BCUT2D eigenvalue weighted by atomic mass is 10.1. The molecule has 5 heteroatoms. The second-order valence-electron chi connectivity index (χ2n) is 3.27. The highest BCUT2D eigenvalue weighted by Gasteiger charge is 2.22. The number of aliphatic hydroxyl groups is 1. The molecule has 0 saturated heterocycles. The lowest BCUT2D eigenvalue weighted by Crippen LogP contribution is -2.16. The first-order chi connectivity index (χ1) is 8.13. The van der Waals surface area contributed by atoms with Gasteiger partial charge in [-0.05, 0) is 13.0 Å². The molecule has 0 aliphatic carbocycles. The van der Waals surface area contributed by atoms with E-state index in [1.165, 1.54) is 25.3 Å². The number of methoxy groups -OCH3 is 1. The number of aliphatic hydroxyl groups excluding tert-OH is 1. The topological polar surface area (TPSA) is 72.8 Å². The van der Waals surface area contributed by atoms with Gasteiger partial charge in [-0.3, -0.25) is 4.79 Å². The van der Waals surface area contributed by atoms with Crippen LogP contribution in [-0.4, -0.2) is 31.1 Å². The second-order valence-corrected chi connectivity index (χ2v) is 3.27. The Hall–Kier alpha value is -1.88. The van der Waals surface area contributed by atoms with Crippen LogP contribution in [0, 0.1) is 0 Å². The summed E-state index contributed by atoms with van der Waals surface area (Å²) in [5, 5.41) is 9.75. The monoisotopic (exact) mass is 238 g/mol. The van der Waals surface area contributed by atoms with Crippen molar-refractivity contribution in [2.24, 2.45) is 0 Å².